The van der Waals surface area contributed by atoms with E-state index in [4.69, 9.17) is 0 Å². The first kappa shape index (κ1) is 8.27. The quantitative estimate of drug-likeness (QED) is 0.539. The topological polar surface area (TPSA) is 32.3 Å². The van der Waals surface area contributed by atoms with Crippen LogP contribution >= 0.6 is 0 Å². The summed E-state index contributed by atoms with van der Waals surface area (Å²) in [6.07, 6.45) is 0.789. The maximum Gasteiger partial charge on any atom is 0.239 e. The van der Waals surface area contributed by atoms with Gasteiger partial charge in [0.05, 0.1) is 6.04 Å². The number of carbonyl (C=O) groups is 1. The zero-order valence-corrected chi connectivity index (χ0v) is 7.05. The Labute approximate surface area is 67.1 Å². The lowest BCUT2D eigenvalue weighted by Crippen LogP contribution is -2.39. The van der Waals surface area contributed by atoms with Crippen molar-refractivity contribution in [2.45, 2.75) is 12.5 Å². The second-order valence-corrected chi connectivity index (χ2v) is 3.12. The largest absolute Gasteiger partial charge is 0.347 e. The minimum Gasteiger partial charge on any atom is -0.347 e. The van der Waals surface area contributed by atoms with Crippen LogP contribution in [0, 0.1) is 0 Å². The minimum absolute atomic E-state index is 0.0301. The number of nitrogens with zero attached hydrogens (tertiary/aromatic N) is 1. The highest BCUT2D eigenvalue weighted by Gasteiger charge is 2.24. The highest BCUT2D eigenvalue weighted by molar-refractivity contribution is 5.82. The van der Waals surface area contributed by atoms with Crippen LogP contribution in [0.15, 0.2) is 12.2 Å². The fourth-order valence-electron chi connectivity index (χ4n) is 1.19. The van der Waals surface area contributed by atoms with Crippen molar-refractivity contribution in [3.05, 3.63) is 12.2 Å². The van der Waals surface area contributed by atoms with E-state index >= 15 is 0 Å². The molecule has 0 saturated carbocycles. The van der Waals surface area contributed by atoms with Gasteiger partial charge in [-0.05, 0) is 6.42 Å². The molecule has 1 amide bonds. The van der Waals surface area contributed by atoms with Crippen molar-refractivity contribution >= 4 is 5.91 Å². The molecule has 62 valence electrons. The Morgan fingerprint density at radius 1 is 1.73 bits per heavy atom. The number of rotatable bonds is 1. The molecule has 0 radical (unpaired) electrons. The highest BCUT2D eigenvalue weighted by atomic mass is 16.2. The molecule has 1 fully saturated rings. The molecule has 0 bridgehead atoms. The lowest BCUT2D eigenvalue weighted by molar-refractivity contribution is -0.130. The molecule has 1 aliphatic rings. The van der Waals surface area contributed by atoms with E-state index in [9.17, 15) is 4.79 Å². The third-order valence-electron chi connectivity index (χ3n) is 1.83. The first-order chi connectivity index (χ1) is 5.11. The molecule has 0 aromatic carbocycles. The van der Waals surface area contributed by atoms with E-state index in [1.165, 1.54) is 0 Å². The molecule has 3 heteroatoms. The predicted octanol–water partition coefficient (Wildman–Crippen LogP) is -0.00730. The van der Waals surface area contributed by atoms with E-state index in [1.54, 1.807) is 19.0 Å². The normalized spacial score (nSPS) is 23.8. The SMILES string of the molecule is C=C1CN[C@H](C(=O)N(C)C)C1. The standard InChI is InChI=1S/C8H14N2O/c1-6-4-7(9-5-6)8(11)10(2)3/h7,9H,1,4-5H2,2-3H3/t7-/m0/s1. The summed E-state index contributed by atoms with van der Waals surface area (Å²) >= 11 is 0. The molecule has 1 N–H and O–H groups in total. The van der Waals surface area contributed by atoms with Crippen molar-refractivity contribution in [3.8, 4) is 0 Å². The van der Waals surface area contributed by atoms with Gasteiger partial charge in [-0.15, -0.1) is 0 Å². The van der Waals surface area contributed by atoms with Crippen LogP contribution in [0.3, 0.4) is 0 Å². The fraction of sp³-hybridized carbons (Fsp3) is 0.625. The van der Waals surface area contributed by atoms with Gasteiger partial charge in [0.1, 0.15) is 0 Å². The Morgan fingerprint density at radius 2 is 2.36 bits per heavy atom. The van der Waals surface area contributed by atoms with Crippen LogP contribution in [0.25, 0.3) is 0 Å². The Hall–Kier alpha value is -0.830. The zero-order chi connectivity index (χ0) is 8.43. The van der Waals surface area contributed by atoms with Crippen molar-refractivity contribution in [2.24, 2.45) is 0 Å². The monoisotopic (exact) mass is 154 g/mol. The molecule has 3 nitrogen and oxygen atoms in total. The van der Waals surface area contributed by atoms with Gasteiger partial charge in [0.2, 0.25) is 5.91 Å². The molecule has 0 aromatic heterocycles. The average molecular weight is 154 g/mol. The number of nitrogens with one attached hydrogen (secondary N) is 1. The molecule has 11 heavy (non-hydrogen) atoms. The summed E-state index contributed by atoms with van der Waals surface area (Å²) in [5.74, 6) is 0.142. The predicted molar refractivity (Wildman–Crippen MR) is 44.2 cm³/mol. The second-order valence-electron chi connectivity index (χ2n) is 3.12. The van der Waals surface area contributed by atoms with Gasteiger partial charge in [-0.25, -0.2) is 0 Å². The third kappa shape index (κ3) is 1.80. The number of likely N-dealkylation sites (N-methyl/N-ethyl adjacent to an activating group) is 1. The number of carbonyl (C=O) groups excluding carboxylic acids is 1. The van der Waals surface area contributed by atoms with Crippen molar-refractivity contribution in [1.29, 1.82) is 0 Å². The van der Waals surface area contributed by atoms with Crippen LogP contribution in [0.5, 0.6) is 0 Å². The third-order valence-corrected chi connectivity index (χ3v) is 1.83. The molecule has 0 aromatic rings. The van der Waals surface area contributed by atoms with Crippen molar-refractivity contribution in [2.75, 3.05) is 20.6 Å². The zero-order valence-electron chi connectivity index (χ0n) is 7.05. The molecular weight excluding hydrogens is 140 g/mol. The molecule has 1 heterocycles. The van der Waals surface area contributed by atoms with Crippen molar-refractivity contribution in [1.82, 2.24) is 10.2 Å². The molecule has 1 aliphatic heterocycles. The first-order valence-electron chi connectivity index (χ1n) is 3.72. The summed E-state index contributed by atoms with van der Waals surface area (Å²) in [6, 6.07) is -0.0301. The Morgan fingerprint density at radius 3 is 2.73 bits per heavy atom. The lowest BCUT2D eigenvalue weighted by Gasteiger charge is -2.15. The van der Waals surface area contributed by atoms with Gasteiger partial charge in [-0.2, -0.15) is 0 Å². The van der Waals surface area contributed by atoms with Gasteiger partial charge in [0.25, 0.3) is 0 Å². The molecule has 0 spiro atoms. The summed E-state index contributed by atoms with van der Waals surface area (Å²) in [4.78, 5) is 12.9. The summed E-state index contributed by atoms with van der Waals surface area (Å²) in [5, 5.41) is 3.10. The lowest BCUT2D eigenvalue weighted by atomic mass is 10.1. The maximum absolute atomic E-state index is 11.3. The van der Waals surface area contributed by atoms with Gasteiger partial charge in [0, 0.05) is 20.6 Å². The van der Waals surface area contributed by atoms with Gasteiger partial charge in [0.15, 0.2) is 0 Å². The second kappa shape index (κ2) is 3.05. The van der Waals surface area contributed by atoms with Gasteiger partial charge < -0.3 is 10.2 Å². The first-order valence-corrected chi connectivity index (χ1v) is 3.72. The Kier molecular flexibility index (Phi) is 2.29. The number of amides is 1. The molecule has 0 unspecified atom stereocenters. The van der Waals surface area contributed by atoms with Crippen LogP contribution in [0.1, 0.15) is 6.42 Å². The molecule has 0 aliphatic carbocycles. The van der Waals surface area contributed by atoms with E-state index < -0.39 is 0 Å². The number of hydrogen-bond acceptors (Lipinski definition) is 2. The smallest absolute Gasteiger partial charge is 0.239 e. The Balaban J connectivity index is 2.50. The maximum atomic E-state index is 11.3. The van der Waals surface area contributed by atoms with Crippen LogP contribution in [-0.4, -0.2) is 37.5 Å². The van der Waals surface area contributed by atoms with Gasteiger partial charge in [-0.1, -0.05) is 12.2 Å². The van der Waals surface area contributed by atoms with Crippen molar-refractivity contribution in [3.63, 3.8) is 0 Å². The average Bonchev–Trinajstić information content (AvgIpc) is 2.34. The van der Waals surface area contributed by atoms with E-state index in [1.807, 2.05) is 0 Å². The van der Waals surface area contributed by atoms with Crippen LogP contribution in [0.2, 0.25) is 0 Å². The molecule has 1 atom stereocenters. The fourth-order valence-corrected chi connectivity index (χ4v) is 1.19. The molecule has 1 rings (SSSR count). The minimum atomic E-state index is -0.0301. The van der Waals surface area contributed by atoms with Gasteiger partial charge in [-0.3, -0.25) is 4.79 Å². The van der Waals surface area contributed by atoms with Gasteiger partial charge >= 0.3 is 0 Å². The molecular formula is C8H14N2O. The summed E-state index contributed by atoms with van der Waals surface area (Å²) < 4.78 is 0. The number of hydrogen-bond donors (Lipinski definition) is 1. The summed E-state index contributed by atoms with van der Waals surface area (Å²) in [5.41, 5.74) is 1.12. The van der Waals surface area contributed by atoms with Crippen LogP contribution in [-0.2, 0) is 4.79 Å². The van der Waals surface area contributed by atoms with E-state index in [2.05, 4.69) is 11.9 Å². The van der Waals surface area contributed by atoms with Crippen LogP contribution in [0.4, 0.5) is 0 Å². The highest BCUT2D eigenvalue weighted by Crippen LogP contribution is 2.11. The van der Waals surface area contributed by atoms with Crippen LogP contribution < -0.4 is 5.32 Å². The van der Waals surface area contributed by atoms with Crippen molar-refractivity contribution < 1.29 is 4.79 Å². The Bertz CT molecular complexity index is 187. The summed E-state index contributed by atoms with van der Waals surface area (Å²) in [7, 11) is 3.54. The molecule has 1 saturated heterocycles. The van der Waals surface area contributed by atoms with E-state index in [-0.39, 0.29) is 11.9 Å². The van der Waals surface area contributed by atoms with E-state index in [0.29, 0.717) is 0 Å². The van der Waals surface area contributed by atoms with E-state index in [0.717, 1.165) is 18.5 Å². The summed E-state index contributed by atoms with van der Waals surface area (Å²) in [6.45, 7) is 4.59.